The third-order valence-corrected chi connectivity index (χ3v) is 8.23. The second-order valence-corrected chi connectivity index (χ2v) is 13.1. The Kier molecular flexibility index (Phi) is 9.69. The van der Waals surface area contributed by atoms with Gasteiger partial charge in [0, 0.05) is 22.1 Å². The quantitative estimate of drug-likeness (QED) is 0.340. The van der Waals surface area contributed by atoms with Crippen molar-refractivity contribution in [1.29, 1.82) is 0 Å². The van der Waals surface area contributed by atoms with Crippen molar-refractivity contribution in [2.75, 3.05) is 10.8 Å². The molecule has 1 atom stereocenters. The molecule has 39 heavy (non-hydrogen) atoms. The van der Waals surface area contributed by atoms with Gasteiger partial charge in [-0.3, -0.25) is 13.9 Å². The standard InChI is InChI=1S/C29H33Cl2N3O4S/c1-20-9-6-7-12-26(20)34(39(37,38)25-15-13-23(30)14-16-25)19-27(35)33(18-22-10-8-11-24(31)17-22)21(2)28(36)32-29(3,4)5/h6-17,21H,18-19H2,1-5H3,(H,32,36). The smallest absolute Gasteiger partial charge is 0.264 e. The molecule has 1 N–H and O–H groups in total. The van der Waals surface area contributed by atoms with Gasteiger partial charge in [0.1, 0.15) is 12.6 Å². The van der Waals surface area contributed by atoms with Crippen LogP contribution in [0.5, 0.6) is 0 Å². The predicted molar refractivity (Wildman–Crippen MR) is 157 cm³/mol. The molecule has 0 saturated heterocycles. The van der Waals surface area contributed by atoms with E-state index >= 15 is 0 Å². The van der Waals surface area contributed by atoms with Gasteiger partial charge in [-0.05, 0) is 88.2 Å². The van der Waals surface area contributed by atoms with Crippen LogP contribution < -0.4 is 9.62 Å². The SMILES string of the molecule is Cc1ccccc1N(CC(=O)N(Cc1cccc(Cl)c1)C(C)C(=O)NC(C)(C)C)S(=O)(=O)c1ccc(Cl)cc1. The number of benzene rings is 3. The summed E-state index contributed by atoms with van der Waals surface area (Å²) in [5.74, 6) is -0.909. The Balaban J connectivity index is 2.05. The number of aryl methyl sites for hydroxylation is 1. The van der Waals surface area contributed by atoms with E-state index in [-0.39, 0.29) is 17.3 Å². The molecule has 2 amide bonds. The van der Waals surface area contributed by atoms with E-state index in [0.717, 1.165) is 4.31 Å². The van der Waals surface area contributed by atoms with Crippen LogP contribution >= 0.6 is 23.2 Å². The number of carbonyl (C=O) groups excluding carboxylic acids is 2. The summed E-state index contributed by atoms with van der Waals surface area (Å²) < 4.78 is 28.8. The Hall–Kier alpha value is -3.07. The van der Waals surface area contributed by atoms with Crippen LogP contribution in [0.15, 0.2) is 77.7 Å². The maximum Gasteiger partial charge on any atom is 0.264 e. The molecule has 0 spiro atoms. The van der Waals surface area contributed by atoms with Gasteiger partial charge in [-0.2, -0.15) is 0 Å². The van der Waals surface area contributed by atoms with Crippen molar-refractivity contribution in [2.45, 2.75) is 57.6 Å². The molecule has 0 saturated carbocycles. The third-order valence-electron chi connectivity index (χ3n) is 5.97. The highest BCUT2D eigenvalue weighted by Gasteiger charge is 2.33. The Labute approximate surface area is 240 Å². The highest BCUT2D eigenvalue weighted by atomic mass is 35.5. The summed E-state index contributed by atoms with van der Waals surface area (Å²) >= 11 is 12.2. The lowest BCUT2D eigenvalue weighted by molar-refractivity contribution is -0.140. The molecule has 3 aromatic carbocycles. The Morgan fingerprint density at radius 3 is 2.15 bits per heavy atom. The molecule has 0 aliphatic rings. The number of para-hydroxylation sites is 1. The van der Waals surface area contributed by atoms with Gasteiger partial charge >= 0.3 is 0 Å². The molecule has 3 rings (SSSR count). The van der Waals surface area contributed by atoms with Crippen LogP contribution in [0.25, 0.3) is 0 Å². The van der Waals surface area contributed by atoms with E-state index in [9.17, 15) is 18.0 Å². The molecule has 3 aromatic rings. The zero-order chi connectivity index (χ0) is 29.0. The zero-order valence-electron chi connectivity index (χ0n) is 22.6. The van der Waals surface area contributed by atoms with Gasteiger partial charge in [-0.1, -0.05) is 53.5 Å². The van der Waals surface area contributed by atoms with Crippen molar-refractivity contribution < 1.29 is 18.0 Å². The number of carbonyl (C=O) groups is 2. The lowest BCUT2D eigenvalue weighted by Gasteiger charge is -2.33. The van der Waals surface area contributed by atoms with Crippen molar-refractivity contribution in [2.24, 2.45) is 0 Å². The average Bonchev–Trinajstić information content (AvgIpc) is 2.85. The predicted octanol–water partition coefficient (Wildman–Crippen LogP) is 5.83. The molecular weight excluding hydrogens is 557 g/mol. The van der Waals surface area contributed by atoms with E-state index in [2.05, 4.69) is 5.32 Å². The fourth-order valence-electron chi connectivity index (χ4n) is 3.98. The molecule has 0 fully saturated rings. The minimum absolute atomic E-state index is 0.0112. The minimum Gasteiger partial charge on any atom is -0.350 e. The van der Waals surface area contributed by atoms with Gasteiger partial charge in [-0.15, -0.1) is 0 Å². The highest BCUT2D eigenvalue weighted by molar-refractivity contribution is 7.92. The largest absolute Gasteiger partial charge is 0.350 e. The fraction of sp³-hybridized carbons (Fsp3) is 0.310. The number of nitrogens with one attached hydrogen (secondary N) is 1. The monoisotopic (exact) mass is 589 g/mol. The van der Waals surface area contributed by atoms with Gasteiger partial charge in [0.2, 0.25) is 11.8 Å². The first-order chi connectivity index (χ1) is 18.2. The Bertz CT molecular complexity index is 1440. The van der Waals surface area contributed by atoms with Crippen molar-refractivity contribution in [1.82, 2.24) is 10.2 Å². The molecule has 0 bridgehead atoms. The summed E-state index contributed by atoms with van der Waals surface area (Å²) in [5.41, 5.74) is 1.20. The van der Waals surface area contributed by atoms with Crippen LogP contribution in [0.3, 0.4) is 0 Å². The summed E-state index contributed by atoms with van der Waals surface area (Å²) in [6.07, 6.45) is 0. The van der Waals surface area contributed by atoms with E-state index in [1.165, 1.54) is 29.2 Å². The zero-order valence-corrected chi connectivity index (χ0v) is 24.9. The molecule has 0 radical (unpaired) electrons. The minimum atomic E-state index is -4.17. The summed E-state index contributed by atoms with van der Waals surface area (Å²) in [5, 5.41) is 3.78. The first-order valence-corrected chi connectivity index (χ1v) is 14.6. The van der Waals surface area contributed by atoms with Crippen LogP contribution in [0, 0.1) is 6.92 Å². The van der Waals surface area contributed by atoms with Crippen molar-refractivity contribution in [3.63, 3.8) is 0 Å². The Morgan fingerprint density at radius 2 is 1.56 bits per heavy atom. The van der Waals surface area contributed by atoms with Crippen LogP contribution in [0.1, 0.15) is 38.8 Å². The summed E-state index contributed by atoms with van der Waals surface area (Å²) in [6.45, 7) is 8.46. The first-order valence-electron chi connectivity index (χ1n) is 12.4. The lowest BCUT2D eigenvalue weighted by atomic mass is 10.1. The van der Waals surface area contributed by atoms with E-state index in [1.807, 2.05) is 20.8 Å². The number of hydrogen-bond acceptors (Lipinski definition) is 4. The van der Waals surface area contributed by atoms with E-state index in [4.69, 9.17) is 23.2 Å². The van der Waals surface area contributed by atoms with E-state index in [0.29, 0.717) is 26.9 Å². The normalized spacial score (nSPS) is 12.5. The van der Waals surface area contributed by atoms with Crippen LogP contribution in [0.4, 0.5) is 5.69 Å². The topological polar surface area (TPSA) is 86.8 Å². The number of nitrogens with zero attached hydrogens (tertiary/aromatic N) is 2. The summed E-state index contributed by atoms with van der Waals surface area (Å²) in [7, 11) is -4.17. The molecule has 0 heterocycles. The highest BCUT2D eigenvalue weighted by Crippen LogP contribution is 2.28. The molecule has 7 nitrogen and oxygen atoms in total. The number of sulfonamides is 1. The van der Waals surface area contributed by atoms with Gasteiger partial charge < -0.3 is 10.2 Å². The lowest BCUT2D eigenvalue weighted by Crippen LogP contribution is -2.54. The van der Waals surface area contributed by atoms with E-state index in [1.54, 1.807) is 62.4 Å². The molecule has 1 unspecified atom stereocenters. The number of rotatable bonds is 9. The van der Waals surface area contributed by atoms with Crippen LogP contribution in [-0.4, -0.2) is 43.3 Å². The first kappa shape index (κ1) is 30.5. The number of amides is 2. The van der Waals surface area contributed by atoms with Crippen LogP contribution in [-0.2, 0) is 26.2 Å². The van der Waals surface area contributed by atoms with E-state index < -0.39 is 34.1 Å². The van der Waals surface area contributed by atoms with Gasteiger partial charge in [0.25, 0.3) is 10.0 Å². The second kappa shape index (κ2) is 12.4. The fourth-order valence-corrected chi connectivity index (χ4v) is 5.80. The van der Waals surface area contributed by atoms with Crippen molar-refractivity contribution in [3.8, 4) is 0 Å². The Morgan fingerprint density at radius 1 is 0.923 bits per heavy atom. The number of hydrogen-bond donors (Lipinski definition) is 1. The molecule has 208 valence electrons. The maximum atomic E-state index is 14.0. The third kappa shape index (κ3) is 7.97. The maximum absolute atomic E-state index is 14.0. The molecular formula is C29H33Cl2N3O4S. The summed E-state index contributed by atoms with van der Waals surface area (Å²) in [6, 6.07) is 18.8. The number of halogens is 2. The van der Waals surface area contributed by atoms with Crippen molar-refractivity contribution in [3.05, 3.63) is 94.0 Å². The summed E-state index contributed by atoms with van der Waals surface area (Å²) in [4.78, 5) is 28.5. The molecule has 0 aliphatic heterocycles. The average molecular weight is 591 g/mol. The molecule has 0 aliphatic carbocycles. The molecule has 0 aromatic heterocycles. The molecule has 10 heteroatoms. The second-order valence-electron chi connectivity index (χ2n) is 10.3. The van der Waals surface area contributed by atoms with Gasteiger partial charge in [0.05, 0.1) is 10.6 Å². The van der Waals surface area contributed by atoms with Crippen molar-refractivity contribution >= 4 is 50.7 Å². The van der Waals surface area contributed by atoms with Gasteiger partial charge in [0.15, 0.2) is 0 Å². The number of anilines is 1. The van der Waals surface area contributed by atoms with Crippen LogP contribution in [0.2, 0.25) is 10.0 Å². The van der Waals surface area contributed by atoms with Gasteiger partial charge in [-0.25, -0.2) is 8.42 Å².